The lowest BCUT2D eigenvalue weighted by Gasteiger charge is -2.42. The van der Waals surface area contributed by atoms with Crippen LogP contribution in [0.5, 0.6) is 0 Å². The van der Waals surface area contributed by atoms with Crippen molar-refractivity contribution in [3.05, 3.63) is 0 Å². The molecule has 0 radical (unpaired) electrons. The van der Waals surface area contributed by atoms with Gasteiger partial charge < -0.3 is 15.3 Å². The second-order valence-corrected chi connectivity index (χ2v) is 6.82. The van der Waals surface area contributed by atoms with Crippen LogP contribution in [-0.4, -0.2) is 51.3 Å². The number of hydrogen-bond acceptors (Lipinski definition) is 3. The number of unbranched alkanes of at least 4 members (excludes halogenated alkanes) is 9. The number of aliphatic carboxylic acids is 1. The van der Waals surface area contributed by atoms with Crippen molar-refractivity contribution in [2.24, 2.45) is 0 Å². The molecule has 0 aliphatic rings. The minimum Gasteiger partial charge on any atom is -0.477 e. The van der Waals surface area contributed by atoms with Crippen molar-refractivity contribution in [1.29, 1.82) is 0 Å². The normalized spacial score (nSPS) is 16.7. The molecule has 0 aliphatic heterocycles. The van der Waals surface area contributed by atoms with Crippen LogP contribution in [-0.2, 0) is 4.79 Å². The fourth-order valence-electron chi connectivity index (χ4n) is 3.17. The molecule has 0 aromatic carbocycles. The summed E-state index contributed by atoms with van der Waals surface area (Å²) in [6.07, 6.45) is 10.3. The van der Waals surface area contributed by atoms with Crippen LogP contribution < -0.4 is 0 Å². The van der Waals surface area contributed by atoms with Gasteiger partial charge in [-0.2, -0.15) is 0 Å². The molecule has 0 fully saturated rings. The summed E-state index contributed by atoms with van der Waals surface area (Å²) in [6, 6.07) is 0. The van der Waals surface area contributed by atoms with Crippen molar-refractivity contribution in [2.45, 2.75) is 97.4 Å². The third-order valence-corrected chi connectivity index (χ3v) is 4.85. The van der Waals surface area contributed by atoms with Gasteiger partial charge in [-0.15, -0.1) is 0 Å². The van der Waals surface area contributed by atoms with E-state index in [-0.39, 0.29) is 11.0 Å². The molecule has 0 heterocycles. The number of carbonyl (C=O) groups is 1. The zero-order valence-electron chi connectivity index (χ0n) is 15.3. The fraction of sp³-hybridized carbons (Fsp3) is 0.944. The van der Waals surface area contributed by atoms with Gasteiger partial charge >= 0.3 is 5.97 Å². The van der Waals surface area contributed by atoms with E-state index in [1.807, 2.05) is 0 Å². The lowest BCUT2D eigenvalue weighted by Crippen LogP contribution is -2.62. The van der Waals surface area contributed by atoms with Crippen LogP contribution in [0.4, 0.5) is 0 Å². The zero-order chi connectivity index (χ0) is 17.7. The molecule has 0 aliphatic carbocycles. The lowest BCUT2D eigenvalue weighted by atomic mass is 10.1. The predicted octanol–water partition coefficient (Wildman–Crippen LogP) is 3.49. The van der Waals surface area contributed by atoms with E-state index in [9.17, 15) is 15.0 Å². The summed E-state index contributed by atoms with van der Waals surface area (Å²) in [5.74, 6) is -0.987. The van der Waals surface area contributed by atoms with Crippen LogP contribution in [0.15, 0.2) is 0 Å². The Kier molecular flexibility index (Phi) is 12.4. The van der Waals surface area contributed by atoms with Gasteiger partial charge in [-0.25, -0.2) is 4.79 Å². The van der Waals surface area contributed by atoms with E-state index in [1.165, 1.54) is 44.9 Å². The van der Waals surface area contributed by atoms with Crippen molar-refractivity contribution < 1.29 is 24.6 Å². The van der Waals surface area contributed by atoms with Crippen molar-refractivity contribution in [2.75, 3.05) is 13.1 Å². The number of aliphatic hydroxyl groups is 2. The Bertz CT molecular complexity index is 297. The predicted molar refractivity (Wildman–Crippen MR) is 92.8 cm³/mol. The molecule has 0 amide bonds. The number of carboxylic acids is 1. The highest BCUT2D eigenvalue weighted by Gasteiger charge is 2.39. The third kappa shape index (κ3) is 9.28. The van der Waals surface area contributed by atoms with Crippen LogP contribution in [0.2, 0.25) is 0 Å². The minimum absolute atomic E-state index is 0.174. The maximum absolute atomic E-state index is 11.1. The Balaban J connectivity index is 3.98. The second kappa shape index (κ2) is 12.7. The first-order valence-electron chi connectivity index (χ1n) is 9.31. The van der Waals surface area contributed by atoms with Crippen LogP contribution in [0.1, 0.15) is 85.0 Å². The van der Waals surface area contributed by atoms with Gasteiger partial charge in [0.15, 0.2) is 19.0 Å². The summed E-state index contributed by atoms with van der Waals surface area (Å²) in [5, 5.41) is 29.0. The smallest absolute Gasteiger partial charge is 0.359 e. The van der Waals surface area contributed by atoms with Crippen LogP contribution >= 0.6 is 0 Å². The van der Waals surface area contributed by atoms with E-state index >= 15 is 0 Å². The zero-order valence-corrected chi connectivity index (χ0v) is 15.3. The van der Waals surface area contributed by atoms with Gasteiger partial charge in [-0.1, -0.05) is 58.3 Å². The first kappa shape index (κ1) is 22.4. The Labute approximate surface area is 141 Å². The van der Waals surface area contributed by atoms with Gasteiger partial charge in [0, 0.05) is 13.8 Å². The van der Waals surface area contributed by atoms with E-state index in [0.29, 0.717) is 6.54 Å². The van der Waals surface area contributed by atoms with Gasteiger partial charge in [-0.3, -0.25) is 4.48 Å². The summed E-state index contributed by atoms with van der Waals surface area (Å²) < 4.78 is -0.174. The molecular formula is C18H38NO4+. The molecule has 0 saturated heterocycles. The lowest BCUT2D eigenvalue weighted by molar-refractivity contribution is -1.00. The highest BCUT2D eigenvalue weighted by molar-refractivity contribution is 5.68. The second-order valence-electron chi connectivity index (χ2n) is 6.82. The maximum Gasteiger partial charge on any atom is 0.359 e. The van der Waals surface area contributed by atoms with Crippen molar-refractivity contribution in [1.82, 2.24) is 0 Å². The summed E-state index contributed by atoms with van der Waals surface area (Å²) >= 11 is 0. The molecular weight excluding hydrogens is 294 g/mol. The van der Waals surface area contributed by atoms with Crippen LogP contribution in [0, 0.1) is 0 Å². The average molecular weight is 333 g/mol. The summed E-state index contributed by atoms with van der Waals surface area (Å²) in [4.78, 5) is 11.1. The molecule has 0 rings (SSSR count). The number of aliphatic hydroxyl groups excluding tert-OH is 2. The Morgan fingerprint density at radius 3 is 1.57 bits per heavy atom. The molecule has 23 heavy (non-hydrogen) atoms. The fourth-order valence-corrected chi connectivity index (χ4v) is 3.17. The number of carboxylic acid groups (broad SMARTS) is 1. The molecule has 0 bridgehead atoms. The topological polar surface area (TPSA) is 77.8 Å². The van der Waals surface area contributed by atoms with E-state index < -0.39 is 18.4 Å². The molecule has 0 aromatic heterocycles. The van der Waals surface area contributed by atoms with Crippen molar-refractivity contribution >= 4 is 5.97 Å². The van der Waals surface area contributed by atoms with Crippen LogP contribution in [0.3, 0.4) is 0 Å². The summed E-state index contributed by atoms with van der Waals surface area (Å²) in [6.45, 7) is 5.60. The van der Waals surface area contributed by atoms with Gasteiger partial charge in [-0.05, 0) is 12.8 Å². The molecule has 0 spiro atoms. The van der Waals surface area contributed by atoms with E-state index in [2.05, 4.69) is 6.92 Å². The maximum atomic E-state index is 11.1. The standard InChI is InChI=1S/C18H37NO4/c1-4-5-6-7-8-9-10-11-12-13-14-19(16(2)20,17(3)21)15-18(22)23/h16-17,20-21H,4-15H2,1-3H3/p+1. The van der Waals surface area contributed by atoms with Gasteiger partial charge in [0.1, 0.15) is 0 Å². The highest BCUT2D eigenvalue weighted by atomic mass is 16.4. The highest BCUT2D eigenvalue weighted by Crippen LogP contribution is 2.19. The molecule has 5 nitrogen and oxygen atoms in total. The van der Waals surface area contributed by atoms with Crippen molar-refractivity contribution in [3.8, 4) is 0 Å². The first-order chi connectivity index (χ1) is 10.9. The molecule has 138 valence electrons. The number of nitrogens with zero attached hydrogens (tertiary/aromatic N) is 1. The molecule has 5 heteroatoms. The molecule has 3 N–H and O–H groups in total. The first-order valence-corrected chi connectivity index (χ1v) is 9.31. The molecule has 2 unspecified atom stereocenters. The van der Waals surface area contributed by atoms with E-state index in [0.717, 1.165) is 19.3 Å². The van der Waals surface area contributed by atoms with Gasteiger partial charge in [0.25, 0.3) is 0 Å². The Morgan fingerprint density at radius 2 is 1.22 bits per heavy atom. The van der Waals surface area contributed by atoms with Gasteiger partial charge in [0.2, 0.25) is 0 Å². The largest absolute Gasteiger partial charge is 0.477 e. The summed E-state index contributed by atoms with van der Waals surface area (Å²) in [7, 11) is 0. The van der Waals surface area contributed by atoms with E-state index in [4.69, 9.17) is 5.11 Å². The monoisotopic (exact) mass is 332 g/mol. The van der Waals surface area contributed by atoms with E-state index in [1.54, 1.807) is 13.8 Å². The molecule has 0 aromatic rings. The van der Waals surface area contributed by atoms with Crippen molar-refractivity contribution in [3.63, 3.8) is 0 Å². The Morgan fingerprint density at radius 1 is 0.826 bits per heavy atom. The average Bonchev–Trinajstić information content (AvgIpc) is 2.46. The summed E-state index contributed by atoms with van der Waals surface area (Å²) in [5.41, 5.74) is 0. The quantitative estimate of drug-likeness (QED) is 0.244. The molecule has 0 saturated carbocycles. The molecule has 2 atom stereocenters. The van der Waals surface area contributed by atoms with Gasteiger partial charge in [0.05, 0.1) is 6.54 Å². The Hall–Kier alpha value is -0.650. The number of rotatable bonds is 15. The third-order valence-electron chi connectivity index (χ3n) is 4.85. The number of hydrogen-bond donors (Lipinski definition) is 3. The van der Waals surface area contributed by atoms with Crippen LogP contribution in [0.25, 0.3) is 0 Å². The number of quaternary nitrogens is 1. The SMILES string of the molecule is CCCCCCCCCCCC[N+](CC(=O)O)(C(C)O)C(C)O. The minimum atomic E-state index is -0.987.